The molecule has 66 valence electrons. The predicted molar refractivity (Wildman–Crippen MR) is 35.1 cm³/mol. The van der Waals surface area contributed by atoms with Crippen molar-refractivity contribution in [3.63, 3.8) is 0 Å². The van der Waals surface area contributed by atoms with Crippen molar-refractivity contribution in [1.82, 2.24) is 5.43 Å². The molecule has 11 heavy (non-hydrogen) atoms. The van der Waals surface area contributed by atoms with E-state index < -0.39 is 24.5 Å². The molecule has 0 radical (unpaired) electrons. The highest BCUT2D eigenvalue weighted by Gasteiger charge is 2.41. The number of rotatable bonds is 2. The molecule has 1 saturated heterocycles. The van der Waals surface area contributed by atoms with Gasteiger partial charge in [-0.2, -0.15) is 0 Å². The minimum Gasteiger partial charge on any atom is -0.394 e. The van der Waals surface area contributed by atoms with Crippen LogP contribution in [-0.4, -0.2) is 46.5 Å². The summed E-state index contributed by atoms with van der Waals surface area (Å²) in [7, 11) is 0. The fraction of sp³-hybridized carbons (Fsp3) is 1.00. The number of aliphatic hydroxyl groups excluding tert-OH is 3. The smallest absolute Gasteiger partial charge is 0.149 e. The number of ether oxygens (including phenoxy) is 1. The summed E-state index contributed by atoms with van der Waals surface area (Å²) in [5.74, 6) is 4.98. The molecule has 0 amide bonds. The van der Waals surface area contributed by atoms with Crippen molar-refractivity contribution in [3.05, 3.63) is 0 Å². The standard InChI is InChI=1S/C5H12N2O4/c6-7-5-4(10)3(9)2(1-8)11-5/h2-5,7-10H,1,6H2/t2-,3-,4-,5?/m1/s1. The Hall–Kier alpha value is -0.240. The fourth-order valence-corrected chi connectivity index (χ4v) is 1.04. The molecule has 0 aromatic rings. The van der Waals surface area contributed by atoms with E-state index in [4.69, 9.17) is 25.9 Å². The molecular weight excluding hydrogens is 152 g/mol. The highest BCUT2D eigenvalue weighted by molar-refractivity contribution is 4.87. The summed E-state index contributed by atoms with van der Waals surface area (Å²) in [4.78, 5) is 0. The van der Waals surface area contributed by atoms with Crippen LogP contribution in [0.1, 0.15) is 0 Å². The van der Waals surface area contributed by atoms with E-state index in [1.165, 1.54) is 0 Å². The molecule has 1 aliphatic heterocycles. The summed E-state index contributed by atoms with van der Waals surface area (Å²) < 4.78 is 4.90. The summed E-state index contributed by atoms with van der Waals surface area (Å²) in [6, 6.07) is 0. The van der Waals surface area contributed by atoms with E-state index in [1.807, 2.05) is 0 Å². The van der Waals surface area contributed by atoms with Gasteiger partial charge in [-0.25, -0.2) is 5.43 Å². The van der Waals surface area contributed by atoms with Crippen molar-refractivity contribution in [3.8, 4) is 0 Å². The Labute approximate surface area is 63.5 Å². The second-order valence-corrected chi connectivity index (χ2v) is 2.43. The van der Waals surface area contributed by atoms with Gasteiger partial charge in [-0.15, -0.1) is 0 Å². The molecule has 1 heterocycles. The predicted octanol–water partition coefficient (Wildman–Crippen LogP) is -3.11. The Bertz CT molecular complexity index is 116. The Balaban J connectivity index is 2.53. The first-order valence-electron chi connectivity index (χ1n) is 3.29. The summed E-state index contributed by atoms with van der Waals surface area (Å²) in [5.41, 5.74) is 2.17. The Kier molecular flexibility index (Phi) is 2.77. The highest BCUT2D eigenvalue weighted by atomic mass is 16.6. The van der Waals surface area contributed by atoms with Gasteiger partial charge in [-0.3, -0.25) is 5.84 Å². The Morgan fingerprint density at radius 1 is 1.36 bits per heavy atom. The molecule has 1 fully saturated rings. The molecule has 0 bridgehead atoms. The van der Waals surface area contributed by atoms with Crippen LogP contribution in [0, 0.1) is 0 Å². The van der Waals surface area contributed by atoms with Crippen molar-refractivity contribution >= 4 is 0 Å². The van der Waals surface area contributed by atoms with Crippen molar-refractivity contribution in [2.24, 2.45) is 5.84 Å². The highest BCUT2D eigenvalue weighted by Crippen LogP contribution is 2.18. The average Bonchev–Trinajstić information content (AvgIpc) is 2.30. The van der Waals surface area contributed by atoms with E-state index in [1.54, 1.807) is 0 Å². The van der Waals surface area contributed by atoms with Gasteiger partial charge in [-0.05, 0) is 0 Å². The van der Waals surface area contributed by atoms with Gasteiger partial charge in [-0.1, -0.05) is 0 Å². The monoisotopic (exact) mass is 164 g/mol. The van der Waals surface area contributed by atoms with Gasteiger partial charge in [0.1, 0.15) is 24.5 Å². The third kappa shape index (κ3) is 1.51. The minimum absolute atomic E-state index is 0.337. The van der Waals surface area contributed by atoms with Gasteiger partial charge in [0.2, 0.25) is 0 Å². The number of nitrogens with two attached hydrogens (primary N) is 1. The molecule has 0 aliphatic carbocycles. The number of hydrazine groups is 1. The number of aliphatic hydroxyl groups is 3. The Morgan fingerprint density at radius 2 is 2.00 bits per heavy atom. The van der Waals surface area contributed by atoms with Crippen LogP contribution in [0.15, 0.2) is 0 Å². The van der Waals surface area contributed by atoms with Crippen LogP contribution in [0.25, 0.3) is 0 Å². The van der Waals surface area contributed by atoms with E-state index in [9.17, 15) is 0 Å². The molecular formula is C5H12N2O4. The van der Waals surface area contributed by atoms with Crippen LogP contribution in [0.5, 0.6) is 0 Å². The molecule has 6 heteroatoms. The lowest BCUT2D eigenvalue weighted by molar-refractivity contribution is -0.0330. The van der Waals surface area contributed by atoms with E-state index in [0.29, 0.717) is 0 Å². The second-order valence-electron chi connectivity index (χ2n) is 2.43. The van der Waals surface area contributed by atoms with Crippen molar-refractivity contribution in [2.45, 2.75) is 24.5 Å². The topological polar surface area (TPSA) is 108 Å². The lowest BCUT2D eigenvalue weighted by Gasteiger charge is -2.11. The van der Waals surface area contributed by atoms with Gasteiger partial charge in [0.15, 0.2) is 0 Å². The summed E-state index contributed by atoms with van der Waals surface area (Å²) in [6.07, 6.45) is -3.73. The lowest BCUT2D eigenvalue weighted by Crippen LogP contribution is -2.44. The van der Waals surface area contributed by atoms with Gasteiger partial charge < -0.3 is 20.1 Å². The molecule has 0 saturated carbocycles. The lowest BCUT2D eigenvalue weighted by atomic mass is 10.1. The molecule has 1 rings (SSSR count). The van der Waals surface area contributed by atoms with Crippen molar-refractivity contribution < 1.29 is 20.1 Å². The zero-order valence-electron chi connectivity index (χ0n) is 5.84. The molecule has 0 aromatic heterocycles. The number of hydrogen-bond acceptors (Lipinski definition) is 6. The summed E-state index contributed by atoms with van der Waals surface area (Å²) >= 11 is 0. The zero-order chi connectivity index (χ0) is 8.43. The summed E-state index contributed by atoms with van der Waals surface area (Å²) in [5, 5.41) is 26.9. The van der Waals surface area contributed by atoms with Crippen LogP contribution in [0.3, 0.4) is 0 Å². The molecule has 6 nitrogen and oxygen atoms in total. The minimum atomic E-state index is -1.09. The largest absolute Gasteiger partial charge is 0.394 e. The van der Waals surface area contributed by atoms with E-state index in [2.05, 4.69) is 5.43 Å². The van der Waals surface area contributed by atoms with Gasteiger partial charge >= 0.3 is 0 Å². The maximum Gasteiger partial charge on any atom is 0.149 e. The first-order valence-corrected chi connectivity index (χ1v) is 3.29. The third-order valence-electron chi connectivity index (χ3n) is 1.71. The van der Waals surface area contributed by atoms with Crippen LogP contribution in [-0.2, 0) is 4.74 Å². The van der Waals surface area contributed by atoms with E-state index in [0.717, 1.165) is 0 Å². The number of nitrogens with one attached hydrogen (secondary N) is 1. The van der Waals surface area contributed by atoms with Gasteiger partial charge in [0.25, 0.3) is 0 Å². The first kappa shape index (κ1) is 8.85. The maximum atomic E-state index is 9.13. The summed E-state index contributed by atoms with van der Waals surface area (Å²) in [6.45, 7) is -0.337. The van der Waals surface area contributed by atoms with Crippen LogP contribution in [0.4, 0.5) is 0 Å². The van der Waals surface area contributed by atoms with Crippen molar-refractivity contribution in [2.75, 3.05) is 6.61 Å². The zero-order valence-corrected chi connectivity index (χ0v) is 5.84. The molecule has 1 aliphatic rings. The fourth-order valence-electron chi connectivity index (χ4n) is 1.04. The number of hydrogen-bond donors (Lipinski definition) is 5. The van der Waals surface area contributed by atoms with Gasteiger partial charge in [0.05, 0.1) is 6.61 Å². The van der Waals surface area contributed by atoms with Crippen molar-refractivity contribution in [1.29, 1.82) is 0 Å². The molecule has 4 atom stereocenters. The Morgan fingerprint density at radius 3 is 2.27 bits per heavy atom. The van der Waals surface area contributed by atoms with E-state index in [-0.39, 0.29) is 6.61 Å². The molecule has 6 N–H and O–H groups in total. The van der Waals surface area contributed by atoms with Crippen LogP contribution >= 0.6 is 0 Å². The van der Waals surface area contributed by atoms with E-state index >= 15 is 0 Å². The van der Waals surface area contributed by atoms with Crippen LogP contribution < -0.4 is 11.3 Å². The molecule has 1 unspecified atom stereocenters. The second kappa shape index (κ2) is 3.44. The third-order valence-corrected chi connectivity index (χ3v) is 1.71. The van der Waals surface area contributed by atoms with Gasteiger partial charge in [0, 0.05) is 0 Å². The normalized spacial score (nSPS) is 44.7. The molecule has 0 spiro atoms. The first-order chi connectivity index (χ1) is 5.20. The average molecular weight is 164 g/mol. The molecule has 0 aromatic carbocycles. The quantitative estimate of drug-likeness (QED) is 0.218. The maximum absolute atomic E-state index is 9.13. The van der Waals surface area contributed by atoms with Crippen LogP contribution in [0.2, 0.25) is 0 Å². The SMILES string of the molecule is NNC1O[C@H](CO)[C@@H](O)[C@H]1O.